The molecule has 3 saturated heterocycles. The minimum Gasteiger partial charge on any atom is -0.394 e. The molecular weight excluding hydrogens is 582 g/mol. The molecule has 7 atom stereocenters. The number of aliphatic hydroxyl groups is 1. The zero-order valence-corrected chi connectivity index (χ0v) is 25.8. The fraction of sp³-hybridized carbons (Fsp3) is 0.382. The lowest BCUT2D eigenvalue weighted by molar-refractivity contribution is -0.142. The highest BCUT2D eigenvalue weighted by Crippen LogP contribution is 2.68. The second kappa shape index (κ2) is 12.0. The van der Waals surface area contributed by atoms with Crippen molar-refractivity contribution in [1.29, 1.82) is 0 Å². The zero-order valence-electron chi connectivity index (χ0n) is 24.2. The van der Waals surface area contributed by atoms with Gasteiger partial charge in [0.15, 0.2) is 0 Å². The number of benzene rings is 3. The van der Waals surface area contributed by atoms with Gasteiger partial charge in [0.1, 0.15) is 6.04 Å². The van der Waals surface area contributed by atoms with E-state index in [1.54, 1.807) is 22.7 Å². The Morgan fingerprint density at radius 2 is 1.70 bits per heavy atom. The van der Waals surface area contributed by atoms with Gasteiger partial charge in [0.2, 0.25) is 17.7 Å². The van der Waals surface area contributed by atoms with Gasteiger partial charge >= 0.3 is 0 Å². The van der Waals surface area contributed by atoms with Gasteiger partial charge in [0.25, 0.3) is 0 Å². The summed E-state index contributed by atoms with van der Waals surface area (Å²) in [5.41, 5.74) is 3.24. The van der Waals surface area contributed by atoms with Crippen molar-refractivity contribution in [2.24, 2.45) is 17.8 Å². The molecule has 0 saturated carbocycles. The van der Waals surface area contributed by atoms with Crippen molar-refractivity contribution in [3.05, 3.63) is 101 Å². The number of amides is 3. The molecule has 43 heavy (non-hydrogen) atoms. The lowest BCUT2D eigenvalue weighted by Crippen LogP contribution is -2.57. The van der Waals surface area contributed by atoms with Crippen molar-refractivity contribution in [3.8, 4) is 0 Å². The van der Waals surface area contributed by atoms with E-state index in [0.29, 0.717) is 23.7 Å². The van der Waals surface area contributed by atoms with Crippen molar-refractivity contribution in [2.75, 3.05) is 11.9 Å². The first kappa shape index (κ1) is 29.7. The van der Waals surface area contributed by atoms with Gasteiger partial charge in [0.05, 0.1) is 39.9 Å². The number of nitrogens with zero attached hydrogens (tertiary/aromatic N) is 1. The fourth-order valence-corrected chi connectivity index (χ4v) is 10.2. The molecule has 9 heteroatoms. The Balaban J connectivity index is 1.38. The van der Waals surface area contributed by atoms with E-state index >= 15 is 0 Å². The van der Waals surface area contributed by atoms with Crippen LogP contribution in [0.25, 0.3) is 0 Å². The van der Waals surface area contributed by atoms with Crippen LogP contribution in [0.2, 0.25) is 5.02 Å². The van der Waals surface area contributed by atoms with E-state index in [1.165, 1.54) is 0 Å². The molecule has 6 rings (SSSR count). The molecule has 0 aliphatic carbocycles. The molecule has 3 unspecified atom stereocenters. The summed E-state index contributed by atoms with van der Waals surface area (Å²) in [7, 11) is 0. The van der Waals surface area contributed by atoms with E-state index in [2.05, 4.69) is 17.6 Å². The van der Waals surface area contributed by atoms with Crippen molar-refractivity contribution >= 4 is 46.8 Å². The van der Waals surface area contributed by atoms with E-state index in [1.807, 2.05) is 79.7 Å². The number of para-hydroxylation sites is 1. The first-order chi connectivity index (χ1) is 20.8. The number of carbonyl (C=O) groups is 3. The molecule has 224 valence electrons. The molecular formula is C34H36ClN3O4S. The Morgan fingerprint density at radius 1 is 1.02 bits per heavy atom. The molecule has 2 bridgehead atoms. The van der Waals surface area contributed by atoms with Gasteiger partial charge in [-0.3, -0.25) is 14.4 Å². The highest BCUT2D eigenvalue weighted by Gasteiger charge is 2.76. The van der Waals surface area contributed by atoms with E-state index in [9.17, 15) is 19.5 Å². The van der Waals surface area contributed by atoms with E-state index < -0.39 is 28.7 Å². The number of halogens is 1. The average molecular weight is 618 g/mol. The minimum atomic E-state index is -0.890. The third kappa shape index (κ3) is 5.13. The predicted molar refractivity (Wildman–Crippen MR) is 170 cm³/mol. The van der Waals surface area contributed by atoms with E-state index in [0.717, 1.165) is 23.1 Å². The van der Waals surface area contributed by atoms with Crippen LogP contribution >= 0.6 is 23.4 Å². The highest BCUT2D eigenvalue weighted by atomic mass is 35.5. The summed E-state index contributed by atoms with van der Waals surface area (Å²) in [5.74, 6) is -2.01. The maximum absolute atomic E-state index is 14.6. The maximum Gasteiger partial charge on any atom is 0.248 e. The van der Waals surface area contributed by atoms with Crippen LogP contribution in [0.1, 0.15) is 30.0 Å². The minimum absolute atomic E-state index is 0.00113. The Morgan fingerprint density at radius 3 is 2.35 bits per heavy atom. The smallest absolute Gasteiger partial charge is 0.248 e. The average Bonchev–Trinajstić information content (AvgIpc) is 3.61. The summed E-state index contributed by atoms with van der Waals surface area (Å²) in [6.45, 7) is 4.01. The summed E-state index contributed by atoms with van der Waals surface area (Å²) in [4.78, 5) is 44.5. The molecule has 3 heterocycles. The molecule has 1 spiro atoms. The summed E-state index contributed by atoms with van der Waals surface area (Å²) in [5, 5.41) is 17.2. The van der Waals surface area contributed by atoms with Gasteiger partial charge in [0, 0.05) is 11.8 Å². The van der Waals surface area contributed by atoms with Crippen LogP contribution < -0.4 is 10.6 Å². The van der Waals surface area contributed by atoms with Gasteiger partial charge in [-0.15, -0.1) is 11.8 Å². The quantitative estimate of drug-likeness (QED) is 0.319. The van der Waals surface area contributed by atoms with E-state index in [-0.39, 0.29) is 35.5 Å². The Labute approximate surface area is 261 Å². The normalized spacial score (nSPS) is 28.0. The predicted octanol–water partition coefficient (Wildman–Crippen LogP) is 4.84. The number of anilines is 1. The third-order valence-electron chi connectivity index (χ3n) is 9.43. The molecule has 3 aliphatic heterocycles. The molecule has 3 aromatic rings. The summed E-state index contributed by atoms with van der Waals surface area (Å²) in [6.07, 6.45) is 1.11. The van der Waals surface area contributed by atoms with Gasteiger partial charge in [-0.05, 0) is 48.4 Å². The van der Waals surface area contributed by atoms with Crippen LogP contribution in [-0.4, -0.2) is 56.4 Å². The number of carbonyl (C=O) groups excluding carboxylic acids is 3. The van der Waals surface area contributed by atoms with Gasteiger partial charge in [-0.25, -0.2) is 0 Å². The van der Waals surface area contributed by atoms with Crippen LogP contribution in [0.4, 0.5) is 5.69 Å². The standard InChI is InChI=1S/C34H36ClN3O4S/c1-20-10-9-15-25(35)29(20)37-32(41)30-34-21(2)16-26(43-34)27(31(40)36-18-23-13-7-4-8-14-23)28(34)33(42)38(30)24(19-39)17-22-11-5-3-6-12-22/h3-15,21,24,26-28,30,39H,16-19H2,1-2H3,(H,36,40)(H,37,41)/t21?,24-,26+,27-,28+,30?,34?/m1/s1. The first-order valence-electron chi connectivity index (χ1n) is 14.8. The summed E-state index contributed by atoms with van der Waals surface area (Å²) < 4.78 is -0.820. The van der Waals surface area contributed by atoms with Crippen LogP contribution in [0, 0.1) is 24.7 Å². The molecule has 0 radical (unpaired) electrons. The summed E-state index contributed by atoms with van der Waals surface area (Å²) >= 11 is 8.13. The Bertz CT molecular complexity index is 1500. The van der Waals surface area contributed by atoms with Crippen molar-refractivity contribution in [2.45, 2.75) is 55.3 Å². The first-order valence-corrected chi connectivity index (χ1v) is 16.0. The van der Waals surface area contributed by atoms with Crippen molar-refractivity contribution in [1.82, 2.24) is 10.2 Å². The lowest BCUT2D eigenvalue weighted by atomic mass is 9.66. The van der Waals surface area contributed by atoms with Crippen LogP contribution in [-0.2, 0) is 27.3 Å². The number of aryl methyl sites for hydroxylation is 1. The van der Waals surface area contributed by atoms with Crippen molar-refractivity contribution < 1.29 is 19.5 Å². The second-order valence-electron chi connectivity index (χ2n) is 11.9. The Hall–Kier alpha value is -3.33. The van der Waals surface area contributed by atoms with Gasteiger partial charge < -0.3 is 20.6 Å². The molecule has 3 aliphatic rings. The lowest BCUT2D eigenvalue weighted by Gasteiger charge is -2.40. The topological polar surface area (TPSA) is 98.7 Å². The summed E-state index contributed by atoms with van der Waals surface area (Å²) in [6, 6.07) is 23.2. The largest absolute Gasteiger partial charge is 0.394 e. The van der Waals surface area contributed by atoms with Gasteiger partial charge in [-0.2, -0.15) is 0 Å². The molecule has 3 amide bonds. The number of aliphatic hydroxyl groups excluding tert-OH is 1. The van der Waals surface area contributed by atoms with Crippen LogP contribution in [0.5, 0.6) is 0 Å². The maximum atomic E-state index is 14.6. The molecule has 7 nitrogen and oxygen atoms in total. The van der Waals surface area contributed by atoms with Crippen LogP contribution in [0.3, 0.4) is 0 Å². The molecule has 3 aromatic carbocycles. The van der Waals surface area contributed by atoms with Crippen LogP contribution in [0.15, 0.2) is 78.9 Å². The van der Waals surface area contributed by atoms with Gasteiger partial charge in [-0.1, -0.05) is 91.3 Å². The zero-order chi connectivity index (χ0) is 30.3. The number of fused-ring (bicyclic) bond motifs is 1. The fourth-order valence-electron chi connectivity index (χ4n) is 7.47. The molecule has 3 N–H and O–H groups in total. The monoisotopic (exact) mass is 617 g/mol. The number of hydrogen-bond donors (Lipinski definition) is 3. The number of likely N-dealkylation sites (tertiary alicyclic amines) is 1. The highest BCUT2D eigenvalue weighted by molar-refractivity contribution is 8.02. The number of thioether (sulfide) groups is 1. The SMILES string of the molecule is Cc1cccc(Cl)c1NC(=O)C1N([C@@H](CO)Cc2ccccc2)C(=O)[C@@H]2[C@H](C(=O)NCc3ccccc3)[C@@H]3CC(C)C12S3. The second-order valence-corrected chi connectivity index (χ2v) is 13.9. The number of hydrogen-bond acceptors (Lipinski definition) is 5. The Kier molecular flexibility index (Phi) is 8.28. The molecule has 3 fully saturated rings. The van der Waals surface area contributed by atoms with Crippen molar-refractivity contribution in [3.63, 3.8) is 0 Å². The third-order valence-corrected chi connectivity index (χ3v) is 11.8. The number of rotatable bonds is 9. The van der Waals surface area contributed by atoms with E-state index in [4.69, 9.17) is 11.6 Å². The molecule has 0 aromatic heterocycles. The number of nitrogens with one attached hydrogen (secondary N) is 2.